The fourth-order valence-corrected chi connectivity index (χ4v) is 3.85. The van der Waals surface area contributed by atoms with Gasteiger partial charge in [0.2, 0.25) is 0 Å². The van der Waals surface area contributed by atoms with Crippen LogP contribution in [0.2, 0.25) is 0 Å². The Bertz CT molecular complexity index is 1040. The minimum Gasteiger partial charge on any atom is -0.483 e. The van der Waals surface area contributed by atoms with Gasteiger partial charge >= 0.3 is 11.6 Å². The van der Waals surface area contributed by atoms with Crippen LogP contribution in [-0.4, -0.2) is 68.1 Å². The molecule has 0 bridgehead atoms. The van der Waals surface area contributed by atoms with E-state index in [2.05, 4.69) is 0 Å². The predicted octanol–water partition coefficient (Wildman–Crippen LogP) is 1.80. The maximum absolute atomic E-state index is 12.9. The lowest BCUT2D eigenvalue weighted by molar-refractivity contribution is -0.151. The largest absolute Gasteiger partial charge is 0.483 e. The molecule has 8 heteroatoms. The topological polar surface area (TPSA) is 89.3 Å². The van der Waals surface area contributed by atoms with Crippen molar-refractivity contribution in [2.24, 2.45) is 0 Å². The van der Waals surface area contributed by atoms with Crippen LogP contribution >= 0.6 is 0 Å². The third-order valence-electron chi connectivity index (χ3n) is 5.81. The summed E-state index contributed by atoms with van der Waals surface area (Å²) in [5.41, 5.74) is 2.14. The van der Waals surface area contributed by atoms with Crippen molar-refractivity contribution in [3.05, 3.63) is 39.2 Å². The van der Waals surface area contributed by atoms with Crippen molar-refractivity contribution in [3.63, 3.8) is 0 Å². The number of carbonyl (C=O) groups is 2. The number of amides is 1. The van der Waals surface area contributed by atoms with Crippen molar-refractivity contribution in [1.82, 2.24) is 9.80 Å². The number of fused-ring (bicyclic) bond motifs is 1. The molecule has 0 aliphatic carbocycles. The van der Waals surface area contributed by atoms with Crippen molar-refractivity contribution in [2.45, 2.75) is 39.3 Å². The average molecular weight is 416 g/mol. The Balaban J connectivity index is 1.87. The molecule has 30 heavy (non-hydrogen) atoms. The van der Waals surface area contributed by atoms with E-state index in [1.807, 2.05) is 38.9 Å². The number of aryl methyl sites for hydroxylation is 2. The molecule has 1 aromatic heterocycles. The molecule has 0 unspecified atom stereocenters. The van der Waals surface area contributed by atoms with Crippen molar-refractivity contribution in [2.75, 3.05) is 34.4 Å². The molecule has 1 saturated heterocycles. The number of esters is 1. The smallest absolute Gasteiger partial charge is 0.339 e. The Morgan fingerprint density at radius 3 is 2.53 bits per heavy atom. The summed E-state index contributed by atoms with van der Waals surface area (Å²) >= 11 is 0. The van der Waals surface area contributed by atoms with Crippen molar-refractivity contribution in [3.8, 4) is 5.75 Å². The molecule has 162 valence electrons. The summed E-state index contributed by atoms with van der Waals surface area (Å²) in [5, 5.41) is 0.669. The zero-order valence-electron chi connectivity index (χ0n) is 18.3. The number of hydrogen-bond acceptors (Lipinski definition) is 7. The van der Waals surface area contributed by atoms with Crippen molar-refractivity contribution < 1.29 is 23.5 Å². The number of hydrogen-bond donors (Lipinski definition) is 0. The first-order valence-electron chi connectivity index (χ1n) is 9.85. The van der Waals surface area contributed by atoms with Gasteiger partial charge in [-0.1, -0.05) is 0 Å². The van der Waals surface area contributed by atoms with Gasteiger partial charge < -0.3 is 23.7 Å². The Kier molecular flexibility index (Phi) is 6.17. The molecular formula is C22H28N2O6. The first-order valence-corrected chi connectivity index (χ1v) is 9.85. The molecule has 8 nitrogen and oxygen atoms in total. The Morgan fingerprint density at radius 2 is 1.90 bits per heavy atom. The Hall–Kier alpha value is -2.87. The highest BCUT2D eigenvalue weighted by Crippen LogP contribution is 2.31. The van der Waals surface area contributed by atoms with Crippen molar-refractivity contribution in [1.29, 1.82) is 0 Å². The van der Waals surface area contributed by atoms with Crippen LogP contribution < -0.4 is 10.4 Å². The van der Waals surface area contributed by atoms with E-state index in [4.69, 9.17) is 13.9 Å². The van der Waals surface area contributed by atoms with Crippen molar-refractivity contribution >= 4 is 22.8 Å². The summed E-state index contributed by atoms with van der Waals surface area (Å²) in [7, 11) is 5.16. The maximum Gasteiger partial charge on any atom is 0.339 e. The molecule has 2 aromatic rings. The van der Waals surface area contributed by atoms with Crippen LogP contribution in [0.1, 0.15) is 23.1 Å². The van der Waals surface area contributed by atoms with Gasteiger partial charge in [0.05, 0.1) is 12.5 Å². The van der Waals surface area contributed by atoms with Crippen LogP contribution in [0.25, 0.3) is 11.0 Å². The lowest BCUT2D eigenvalue weighted by atomic mass is 10.0. The standard InChI is InChI=1S/C22H28N2O6/c1-12-7-17(20-13(2)14(3)21(26)30-18(20)8-12)29-11-19(25)24-10-15(23(4)5)9-16(24)22(27)28-6/h7-8,15-16H,9-11H2,1-6H3/t15-,16+/m1/s1. The summed E-state index contributed by atoms with van der Waals surface area (Å²) < 4.78 is 16.2. The maximum atomic E-state index is 12.9. The van der Waals surface area contributed by atoms with E-state index < -0.39 is 12.0 Å². The van der Waals surface area contributed by atoms with E-state index in [0.717, 1.165) is 11.1 Å². The molecule has 0 radical (unpaired) electrons. The molecule has 0 N–H and O–H groups in total. The zero-order valence-corrected chi connectivity index (χ0v) is 18.3. The molecule has 1 amide bonds. The molecule has 3 rings (SSSR count). The summed E-state index contributed by atoms with van der Waals surface area (Å²) in [6.07, 6.45) is 0.516. The van der Waals surface area contributed by atoms with Gasteiger partial charge in [0.15, 0.2) is 6.61 Å². The van der Waals surface area contributed by atoms with Crippen LogP contribution in [0.5, 0.6) is 5.75 Å². The molecule has 1 aromatic carbocycles. The number of likely N-dealkylation sites (N-methyl/N-ethyl adjacent to an activating group) is 1. The van der Waals surface area contributed by atoms with Gasteiger partial charge in [0.1, 0.15) is 17.4 Å². The Morgan fingerprint density at radius 1 is 1.20 bits per heavy atom. The predicted molar refractivity (Wildman–Crippen MR) is 112 cm³/mol. The first kappa shape index (κ1) is 21.8. The number of likely N-dealkylation sites (tertiary alicyclic amines) is 1. The highest BCUT2D eigenvalue weighted by Gasteiger charge is 2.41. The van der Waals surface area contributed by atoms with Gasteiger partial charge in [-0.25, -0.2) is 9.59 Å². The summed E-state index contributed by atoms with van der Waals surface area (Å²) in [6, 6.07) is 3.02. The van der Waals surface area contributed by atoms with Crippen LogP contribution in [0.4, 0.5) is 0 Å². The van der Waals surface area contributed by atoms with Crippen LogP contribution in [-0.2, 0) is 14.3 Å². The molecule has 1 fully saturated rings. The molecular weight excluding hydrogens is 388 g/mol. The number of methoxy groups -OCH3 is 1. The van der Waals surface area contributed by atoms with E-state index in [1.165, 1.54) is 12.0 Å². The van der Waals surface area contributed by atoms with Gasteiger partial charge in [-0.3, -0.25) is 4.79 Å². The molecule has 1 aliphatic rings. The lowest BCUT2D eigenvalue weighted by Crippen LogP contribution is -2.43. The molecule has 0 saturated carbocycles. The monoisotopic (exact) mass is 416 g/mol. The summed E-state index contributed by atoms with van der Waals surface area (Å²) in [5.74, 6) is -0.251. The second-order valence-corrected chi connectivity index (χ2v) is 8.00. The van der Waals surface area contributed by atoms with E-state index in [0.29, 0.717) is 35.2 Å². The average Bonchev–Trinajstić information content (AvgIpc) is 3.15. The second-order valence-electron chi connectivity index (χ2n) is 8.00. The summed E-state index contributed by atoms with van der Waals surface area (Å²) in [4.78, 5) is 40.7. The highest BCUT2D eigenvalue weighted by atomic mass is 16.5. The number of rotatable bonds is 5. The lowest BCUT2D eigenvalue weighted by Gasteiger charge is -2.23. The number of nitrogens with zero attached hydrogens (tertiary/aromatic N) is 2. The molecule has 2 atom stereocenters. The number of benzene rings is 1. The number of ether oxygens (including phenoxy) is 2. The van der Waals surface area contributed by atoms with Gasteiger partial charge in [0, 0.05) is 18.2 Å². The fourth-order valence-electron chi connectivity index (χ4n) is 3.85. The Labute approximate surface area is 175 Å². The summed E-state index contributed by atoms with van der Waals surface area (Å²) in [6.45, 7) is 5.58. The van der Waals surface area contributed by atoms with E-state index in [1.54, 1.807) is 13.0 Å². The molecule has 1 aliphatic heterocycles. The SMILES string of the molecule is COC(=O)[C@@H]1C[C@@H](N(C)C)CN1C(=O)COc1cc(C)cc2oc(=O)c(C)c(C)c12. The van der Waals surface area contributed by atoms with E-state index in [-0.39, 0.29) is 24.2 Å². The third kappa shape index (κ3) is 4.05. The quantitative estimate of drug-likeness (QED) is 0.542. The van der Waals surface area contributed by atoms with Crippen LogP contribution in [0, 0.1) is 20.8 Å². The van der Waals surface area contributed by atoms with Gasteiger partial charge in [0.25, 0.3) is 5.91 Å². The third-order valence-corrected chi connectivity index (χ3v) is 5.81. The van der Waals surface area contributed by atoms with Gasteiger partial charge in [-0.2, -0.15) is 0 Å². The van der Waals surface area contributed by atoms with E-state index in [9.17, 15) is 14.4 Å². The van der Waals surface area contributed by atoms with Crippen LogP contribution in [0.15, 0.2) is 21.3 Å². The van der Waals surface area contributed by atoms with Gasteiger partial charge in [-0.15, -0.1) is 0 Å². The minimum atomic E-state index is -0.630. The van der Waals surface area contributed by atoms with Gasteiger partial charge in [-0.05, 0) is 64.5 Å². The fraction of sp³-hybridized carbons (Fsp3) is 0.500. The minimum absolute atomic E-state index is 0.0667. The highest BCUT2D eigenvalue weighted by molar-refractivity contribution is 5.89. The molecule has 0 spiro atoms. The first-order chi connectivity index (χ1) is 14.1. The second kappa shape index (κ2) is 8.47. The normalized spacial score (nSPS) is 18.8. The van der Waals surface area contributed by atoms with E-state index >= 15 is 0 Å². The zero-order chi connectivity index (χ0) is 22.2. The number of carbonyl (C=O) groups excluding carboxylic acids is 2. The van der Waals surface area contributed by atoms with Crippen LogP contribution in [0.3, 0.4) is 0 Å². The molecule has 2 heterocycles.